The lowest BCUT2D eigenvalue weighted by molar-refractivity contribution is -0.119. The fourth-order valence-electron chi connectivity index (χ4n) is 2.76. The topological polar surface area (TPSA) is 122 Å². The average molecular weight is 456 g/mol. The molecule has 12 heteroatoms. The summed E-state index contributed by atoms with van der Waals surface area (Å²) in [6.07, 6.45) is 0. The molecule has 0 saturated carbocycles. The van der Waals surface area contributed by atoms with Crippen LogP contribution in [0.5, 0.6) is 5.75 Å². The highest BCUT2D eigenvalue weighted by Gasteiger charge is 2.28. The number of carbonyl (C=O) groups is 2. The second kappa shape index (κ2) is 9.37. The number of morpholine rings is 1. The normalized spacial score (nSPS) is 14.8. The second-order valence-electron chi connectivity index (χ2n) is 6.44. The molecule has 0 bridgehead atoms. The third-order valence-corrected chi connectivity index (χ3v) is 6.23. The van der Waals surface area contributed by atoms with Crippen LogP contribution in [0, 0.1) is 11.6 Å². The first-order chi connectivity index (χ1) is 14.7. The molecule has 2 aromatic carbocycles. The van der Waals surface area contributed by atoms with Crippen LogP contribution in [0.15, 0.2) is 41.3 Å². The lowest BCUT2D eigenvalue weighted by Crippen LogP contribution is -2.40. The first-order valence-electron chi connectivity index (χ1n) is 9.01. The lowest BCUT2D eigenvalue weighted by atomic mass is 10.2. The standard InChI is InChI=1S/C19H18F2N2O7S/c20-12-1-3-15(21)16(9-12)22-18(25)11-30-19(26)14-10-13(2-4-17(14)24)31(27,28)23-5-7-29-8-6-23/h1-4,9-10,24H,5-8,11H2,(H,22,25). The monoisotopic (exact) mass is 456 g/mol. The highest BCUT2D eigenvalue weighted by Crippen LogP contribution is 2.25. The number of sulfonamides is 1. The van der Waals surface area contributed by atoms with Gasteiger partial charge in [-0.25, -0.2) is 22.0 Å². The number of phenolic OH excluding ortho intramolecular Hbond substituents is 1. The molecule has 9 nitrogen and oxygen atoms in total. The summed E-state index contributed by atoms with van der Waals surface area (Å²) in [4.78, 5) is 23.9. The minimum Gasteiger partial charge on any atom is -0.507 e. The van der Waals surface area contributed by atoms with Crippen LogP contribution in [0.3, 0.4) is 0 Å². The van der Waals surface area contributed by atoms with E-state index in [1.807, 2.05) is 5.32 Å². The maximum Gasteiger partial charge on any atom is 0.342 e. The number of carbonyl (C=O) groups excluding carboxylic acids is 2. The Morgan fingerprint density at radius 1 is 1.13 bits per heavy atom. The van der Waals surface area contributed by atoms with E-state index in [2.05, 4.69) is 0 Å². The Bertz CT molecular complexity index is 1100. The van der Waals surface area contributed by atoms with Crippen molar-refractivity contribution in [1.29, 1.82) is 0 Å². The van der Waals surface area contributed by atoms with Gasteiger partial charge in [0.25, 0.3) is 5.91 Å². The Kier molecular flexibility index (Phi) is 6.83. The van der Waals surface area contributed by atoms with E-state index < -0.39 is 57.1 Å². The summed E-state index contributed by atoms with van der Waals surface area (Å²) >= 11 is 0. The Morgan fingerprint density at radius 3 is 2.55 bits per heavy atom. The van der Waals surface area contributed by atoms with Gasteiger partial charge < -0.3 is 19.9 Å². The minimum absolute atomic E-state index is 0.139. The van der Waals surface area contributed by atoms with Crippen molar-refractivity contribution in [2.24, 2.45) is 0 Å². The fourth-order valence-corrected chi connectivity index (χ4v) is 4.20. The molecule has 1 heterocycles. The van der Waals surface area contributed by atoms with E-state index in [0.717, 1.165) is 36.4 Å². The molecule has 0 unspecified atom stereocenters. The Morgan fingerprint density at radius 2 is 1.84 bits per heavy atom. The van der Waals surface area contributed by atoms with Crippen molar-refractivity contribution in [2.75, 3.05) is 38.2 Å². The van der Waals surface area contributed by atoms with Crippen molar-refractivity contribution in [2.45, 2.75) is 4.90 Å². The molecule has 0 aromatic heterocycles. The van der Waals surface area contributed by atoms with Gasteiger partial charge in [-0.1, -0.05) is 0 Å². The van der Waals surface area contributed by atoms with E-state index in [1.165, 1.54) is 4.31 Å². The number of nitrogens with zero attached hydrogens (tertiary/aromatic N) is 1. The van der Waals surface area contributed by atoms with Crippen LogP contribution >= 0.6 is 0 Å². The maximum atomic E-state index is 13.6. The van der Waals surface area contributed by atoms with Crippen LogP contribution in [0.1, 0.15) is 10.4 Å². The second-order valence-corrected chi connectivity index (χ2v) is 8.38. The summed E-state index contributed by atoms with van der Waals surface area (Å²) in [7, 11) is -3.94. The van der Waals surface area contributed by atoms with Crippen molar-refractivity contribution in [3.63, 3.8) is 0 Å². The number of esters is 1. The number of rotatable bonds is 6. The molecule has 1 aliphatic heterocycles. The summed E-state index contributed by atoms with van der Waals surface area (Å²) in [5, 5.41) is 12.0. The highest BCUT2D eigenvalue weighted by atomic mass is 32.2. The number of amides is 1. The Hall–Kier alpha value is -3.09. The van der Waals surface area contributed by atoms with Crippen molar-refractivity contribution >= 4 is 27.6 Å². The van der Waals surface area contributed by atoms with Crippen LogP contribution in [0.25, 0.3) is 0 Å². The number of hydrogen-bond acceptors (Lipinski definition) is 7. The molecule has 2 aromatic rings. The summed E-state index contributed by atoms with van der Waals surface area (Å²) in [5.74, 6) is -4.36. The third-order valence-electron chi connectivity index (χ3n) is 4.33. The molecule has 0 aliphatic carbocycles. The van der Waals surface area contributed by atoms with Gasteiger partial charge in [0, 0.05) is 19.2 Å². The molecule has 0 spiro atoms. The van der Waals surface area contributed by atoms with Crippen LogP contribution in [-0.2, 0) is 24.3 Å². The van der Waals surface area contributed by atoms with Gasteiger partial charge >= 0.3 is 5.97 Å². The molecule has 3 rings (SSSR count). The number of hydrogen-bond donors (Lipinski definition) is 2. The zero-order valence-electron chi connectivity index (χ0n) is 16.0. The minimum atomic E-state index is -3.94. The Labute approximate surface area is 176 Å². The summed E-state index contributed by atoms with van der Waals surface area (Å²) in [5.41, 5.74) is -0.915. The zero-order chi connectivity index (χ0) is 22.6. The van der Waals surface area contributed by atoms with Gasteiger partial charge in [-0.15, -0.1) is 0 Å². The molecular weight excluding hydrogens is 438 g/mol. The predicted octanol–water partition coefficient (Wildman–Crippen LogP) is 1.49. The smallest absolute Gasteiger partial charge is 0.342 e. The number of phenols is 1. The van der Waals surface area contributed by atoms with E-state index in [1.54, 1.807) is 0 Å². The summed E-state index contributed by atoms with van der Waals surface area (Å²) < 4.78 is 63.2. The lowest BCUT2D eigenvalue weighted by Gasteiger charge is -2.26. The summed E-state index contributed by atoms with van der Waals surface area (Å²) in [6, 6.07) is 5.52. The number of aromatic hydroxyl groups is 1. The average Bonchev–Trinajstić information content (AvgIpc) is 2.75. The Balaban J connectivity index is 1.69. The largest absolute Gasteiger partial charge is 0.507 e. The first-order valence-corrected chi connectivity index (χ1v) is 10.5. The van der Waals surface area contributed by atoms with Crippen molar-refractivity contribution in [3.05, 3.63) is 53.6 Å². The van der Waals surface area contributed by atoms with E-state index >= 15 is 0 Å². The van der Waals surface area contributed by atoms with Gasteiger partial charge in [0.15, 0.2) is 6.61 Å². The van der Waals surface area contributed by atoms with Crippen LogP contribution in [0.4, 0.5) is 14.5 Å². The van der Waals surface area contributed by atoms with E-state index in [9.17, 15) is 31.9 Å². The molecule has 31 heavy (non-hydrogen) atoms. The molecule has 2 N–H and O–H groups in total. The SMILES string of the molecule is O=C(COC(=O)c1cc(S(=O)(=O)N2CCOCC2)ccc1O)Nc1cc(F)ccc1F. The molecule has 166 valence electrons. The maximum absolute atomic E-state index is 13.6. The van der Waals surface area contributed by atoms with Crippen molar-refractivity contribution in [1.82, 2.24) is 4.31 Å². The van der Waals surface area contributed by atoms with Crippen molar-refractivity contribution < 1.29 is 41.4 Å². The van der Waals surface area contributed by atoms with Gasteiger partial charge in [0.2, 0.25) is 10.0 Å². The molecule has 1 fully saturated rings. The third kappa shape index (κ3) is 5.34. The van der Waals surface area contributed by atoms with Gasteiger partial charge in [-0.3, -0.25) is 4.79 Å². The molecule has 1 amide bonds. The first kappa shape index (κ1) is 22.6. The highest BCUT2D eigenvalue weighted by molar-refractivity contribution is 7.89. The van der Waals surface area contributed by atoms with Gasteiger partial charge in [-0.2, -0.15) is 4.31 Å². The fraction of sp³-hybridized carbons (Fsp3) is 0.263. The molecular formula is C19H18F2N2O7S. The molecule has 0 radical (unpaired) electrons. The van der Waals surface area contributed by atoms with Gasteiger partial charge in [0.05, 0.1) is 23.8 Å². The predicted molar refractivity (Wildman–Crippen MR) is 103 cm³/mol. The zero-order valence-corrected chi connectivity index (χ0v) is 16.8. The van der Waals surface area contributed by atoms with Crippen LogP contribution < -0.4 is 5.32 Å². The molecule has 1 saturated heterocycles. The van der Waals surface area contributed by atoms with E-state index in [4.69, 9.17) is 9.47 Å². The van der Waals surface area contributed by atoms with Gasteiger partial charge in [-0.05, 0) is 30.3 Å². The number of ether oxygens (including phenoxy) is 2. The van der Waals surface area contributed by atoms with Crippen LogP contribution in [0.2, 0.25) is 0 Å². The number of halogens is 2. The number of nitrogens with one attached hydrogen (secondary N) is 1. The molecule has 0 atom stereocenters. The van der Waals surface area contributed by atoms with Gasteiger partial charge in [0.1, 0.15) is 22.9 Å². The number of anilines is 1. The van der Waals surface area contributed by atoms with E-state index in [0.29, 0.717) is 0 Å². The van der Waals surface area contributed by atoms with Crippen LogP contribution in [-0.4, -0.2) is 62.6 Å². The van der Waals surface area contributed by atoms with E-state index in [-0.39, 0.29) is 31.2 Å². The summed E-state index contributed by atoms with van der Waals surface area (Å²) in [6.45, 7) is -0.144. The number of benzene rings is 2. The quantitative estimate of drug-likeness (QED) is 0.632. The molecule has 1 aliphatic rings. The van der Waals surface area contributed by atoms with Crippen molar-refractivity contribution in [3.8, 4) is 5.75 Å².